The average molecular weight is 283 g/mol. The summed E-state index contributed by atoms with van der Waals surface area (Å²) in [6, 6.07) is 12.3. The van der Waals surface area contributed by atoms with Gasteiger partial charge in [0.1, 0.15) is 23.4 Å². The number of carbonyl (C=O) groups is 1. The molecule has 0 radical (unpaired) electrons. The lowest BCUT2D eigenvalue weighted by Crippen LogP contribution is -1.88. The van der Waals surface area contributed by atoms with Crippen molar-refractivity contribution in [3.05, 3.63) is 65.5 Å². The molecule has 0 aliphatic heterocycles. The lowest BCUT2D eigenvalue weighted by Gasteiger charge is -2.06. The molecule has 0 heterocycles. The summed E-state index contributed by atoms with van der Waals surface area (Å²) in [4.78, 5) is 10.4. The van der Waals surface area contributed by atoms with Crippen LogP contribution in [0.5, 0.6) is 11.5 Å². The first-order chi connectivity index (χ1) is 10.1. The number of nitrogens with zero attached hydrogens (tertiary/aromatic N) is 1. The lowest BCUT2D eigenvalue weighted by atomic mass is 10.2. The summed E-state index contributed by atoms with van der Waals surface area (Å²) in [5, 5.41) is 17.2. The second-order valence-corrected chi connectivity index (χ2v) is 4.10. The summed E-state index contributed by atoms with van der Waals surface area (Å²) in [7, 11) is 0. The molecule has 2 aromatic rings. The lowest BCUT2D eigenvalue weighted by molar-refractivity contribution is -0.131. The minimum Gasteiger partial charge on any atom is -0.478 e. The second-order valence-electron chi connectivity index (χ2n) is 4.10. The van der Waals surface area contributed by atoms with Gasteiger partial charge in [0.15, 0.2) is 0 Å². The van der Waals surface area contributed by atoms with Crippen LogP contribution in [-0.4, -0.2) is 11.1 Å². The van der Waals surface area contributed by atoms with E-state index in [4.69, 9.17) is 15.1 Å². The van der Waals surface area contributed by atoms with Gasteiger partial charge in [-0.25, -0.2) is 9.18 Å². The predicted molar refractivity (Wildman–Crippen MR) is 74.3 cm³/mol. The van der Waals surface area contributed by atoms with E-state index in [2.05, 4.69) is 0 Å². The van der Waals surface area contributed by atoms with Crippen molar-refractivity contribution < 1.29 is 19.0 Å². The molecule has 0 fully saturated rings. The Balaban J connectivity index is 2.12. The van der Waals surface area contributed by atoms with Crippen molar-refractivity contribution in [1.82, 2.24) is 0 Å². The maximum atomic E-state index is 13.4. The largest absolute Gasteiger partial charge is 0.478 e. The van der Waals surface area contributed by atoms with E-state index >= 15 is 0 Å². The van der Waals surface area contributed by atoms with Crippen LogP contribution in [0.15, 0.2) is 48.5 Å². The first kappa shape index (κ1) is 14.3. The standard InChI is InChI=1S/C16H10FNO3/c17-15-9-14(7-4-12(15)10-18)21-13-5-1-11(2-6-13)3-8-16(19)20/h1-9H,(H,19,20)/b8-3+. The van der Waals surface area contributed by atoms with Gasteiger partial charge in [0, 0.05) is 12.1 Å². The molecule has 21 heavy (non-hydrogen) atoms. The highest BCUT2D eigenvalue weighted by Crippen LogP contribution is 2.23. The van der Waals surface area contributed by atoms with Crippen molar-refractivity contribution >= 4 is 12.0 Å². The van der Waals surface area contributed by atoms with Gasteiger partial charge in [0.05, 0.1) is 5.56 Å². The van der Waals surface area contributed by atoms with E-state index in [0.717, 1.165) is 12.1 Å². The second kappa shape index (κ2) is 6.35. The Labute approximate surface area is 120 Å². The molecule has 104 valence electrons. The van der Waals surface area contributed by atoms with E-state index in [1.54, 1.807) is 30.3 Å². The topological polar surface area (TPSA) is 70.3 Å². The highest BCUT2D eigenvalue weighted by molar-refractivity contribution is 5.85. The third-order valence-electron chi connectivity index (χ3n) is 2.60. The molecule has 0 saturated heterocycles. The molecule has 5 heteroatoms. The average Bonchev–Trinajstić information content (AvgIpc) is 2.47. The fraction of sp³-hybridized carbons (Fsp3) is 0. The zero-order chi connectivity index (χ0) is 15.2. The van der Waals surface area contributed by atoms with Crippen LogP contribution >= 0.6 is 0 Å². The number of nitriles is 1. The van der Waals surface area contributed by atoms with Crippen LogP contribution in [0.3, 0.4) is 0 Å². The number of aliphatic carboxylic acids is 1. The van der Waals surface area contributed by atoms with Gasteiger partial charge in [0.2, 0.25) is 0 Å². The summed E-state index contributed by atoms with van der Waals surface area (Å²) < 4.78 is 18.9. The van der Waals surface area contributed by atoms with Gasteiger partial charge >= 0.3 is 5.97 Å². The van der Waals surface area contributed by atoms with E-state index in [-0.39, 0.29) is 11.3 Å². The quantitative estimate of drug-likeness (QED) is 0.870. The van der Waals surface area contributed by atoms with Crippen LogP contribution in [0, 0.1) is 17.1 Å². The van der Waals surface area contributed by atoms with Crippen LogP contribution in [0.4, 0.5) is 4.39 Å². The molecule has 2 aromatic carbocycles. The van der Waals surface area contributed by atoms with Crippen molar-refractivity contribution in [2.24, 2.45) is 0 Å². The minimum atomic E-state index is -1.02. The van der Waals surface area contributed by atoms with Crippen LogP contribution < -0.4 is 4.74 Å². The Morgan fingerprint density at radius 3 is 2.43 bits per heavy atom. The molecule has 0 aromatic heterocycles. The number of rotatable bonds is 4. The normalized spacial score (nSPS) is 10.3. The molecular formula is C16H10FNO3. The number of halogens is 1. The molecule has 4 nitrogen and oxygen atoms in total. The number of carboxylic acid groups (broad SMARTS) is 1. The summed E-state index contributed by atoms with van der Waals surface area (Å²) >= 11 is 0. The number of hydrogen-bond donors (Lipinski definition) is 1. The number of ether oxygens (including phenoxy) is 1. The Hall–Kier alpha value is -3.13. The van der Waals surface area contributed by atoms with Gasteiger partial charge in [0.25, 0.3) is 0 Å². The van der Waals surface area contributed by atoms with Crippen LogP contribution in [0.2, 0.25) is 0 Å². The van der Waals surface area contributed by atoms with Crippen molar-refractivity contribution in [2.45, 2.75) is 0 Å². The Morgan fingerprint density at radius 1 is 1.19 bits per heavy atom. The van der Waals surface area contributed by atoms with Gasteiger partial charge in [-0.05, 0) is 35.9 Å². The van der Waals surface area contributed by atoms with Crippen molar-refractivity contribution in [3.8, 4) is 17.6 Å². The van der Waals surface area contributed by atoms with E-state index in [1.165, 1.54) is 18.2 Å². The highest BCUT2D eigenvalue weighted by Gasteiger charge is 2.04. The van der Waals surface area contributed by atoms with E-state index in [1.807, 2.05) is 0 Å². The fourth-order valence-corrected chi connectivity index (χ4v) is 1.60. The molecule has 0 unspecified atom stereocenters. The fourth-order valence-electron chi connectivity index (χ4n) is 1.60. The molecule has 0 atom stereocenters. The van der Waals surface area contributed by atoms with Gasteiger partial charge in [-0.3, -0.25) is 0 Å². The molecule has 0 amide bonds. The SMILES string of the molecule is N#Cc1ccc(Oc2ccc(/C=C/C(=O)O)cc2)cc1F. The van der Waals surface area contributed by atoms with E-state index in [0.29, 0.717) is 11.3 Å². The summed E-state index contributed by atoms with van der Waals surface area (Å²) in [5.41, 5.74) is 0.660. The molecule has 0 saturated carbocycles. The Kier molecular flexibility index (Phi) is 4.32. The Bertz CT molecular complexity index is 730. The molecule has 2 rings (SSSR count). The number of benzene rings is 2. The van der Waals surface area contributed by atoms with E-state index in [9.17, 15) is 9.18 Å². The minimum absolute atomic E-state index is 0.0449. The monoisotopic (exact) mass is 283 g/mol. The summed E-state index contributed by atoms with van der Waals surface area (Å²) in [6.07, 6.45) is 2.49. The van der Waals surface area contributed by atoms with Gasteiger partial charge in [-0.15, -0.1) is 0 Å². The van der Waals surface area contributed by atoms with Crippen LogP contribution in [0.1, 0.15) is 11.1 Å². The maximum absolute atomic E-state index is 13.4. The Morgan fingerprint density at radius 2 is 1.86 bits per heavy atom. The third-order valence-corrected chi connectivity index (χ3v) is 2.60. The van der Waals surface area contributed by atoms with Gasteiger partial charge in [-0.2, -0.15) is 5.26 Å². The summed E-state index contributed by atoms with van der Waals surface area (Å²) in [5.74, 6) is -0.911. The molecule has 0 aliphatic carbocycles. The van der Waals surface area contributed by atoms with Crippen molar-refractivity contribution in [2.75, 3.05) is 0 Å². The third kappa shape index (κ3) is 3.91. The molecule has 1 N–H and O–H groups in total. The smallest absolute Gasteiger partial charge is 0.328 e. The van der Waals surface area contributed by atoms with Crippen LogP contribution in [-0.2, 0) is 4.79 Å². The van der Waals surface area contributed by atoms with Crippen molar-refractivity contribution in [3.63, 3.8) is 0 Å². The summed E-state index contributed by atoms with van der Waals surface area (Å²) in [6.45, 7) is 0. The number of hydrogen-bond acceptors (Lipinski definition) is 3. The maximum Gasteiger partial charge on any atom is 0.328 e. The molecule has 0 aliphatic rings. The predicted octanol–water partition coefficient (Wildman–Crippen LogP) is 3.59. The molecule has 0 spiro atoms. The number of carboxylic acids is 1. The first-order valence-corrected chi connectivity index (χ1v) is 5.97. The van der Waals surface area contributed by atoms with Crippen LogP contribution in [0.25, 0.3) is 6.08 Å². The zero-order valence-corrected chi connectivity index (χ0v) is 10.8. The highest BCUT2D eigenvalue weighted by atomic mass is 19.1. The first-order valence-electron chi connectivity index (χ1n) is 5.97. The van der Waals surface area contributed by atoms with Gasteiger partial charge in [-0.1, -0.05) is 12.1 Å². The molecule has 0 bridgehead atoms. The van der Waals surface area contributed by atoms with Crippen molar-refractivity contribution in [1.29, 1.82) is 5.26 Å². The zero-order valence-electron chi connectivity index (χ0n) is 10.8. The van der Waals surface area contributed by atoms with E-state index < -0.39 is 11.8 Å². The molecular weight excluding hydrogens is 273 g/mol. The van der Waals surface area contributed by atoms with Gasteiger partial charge < -0.3 is 9.84 Å².